The van der Waals surface area contributed by atoms with Crippen molar-refractivity contribution < 1.29 is 9.59 Å². The first-order valence-electron chi connectivity index (χ1n) is 9.46. The number of pyridine rings is 1. The van der Waals surface area contributed by atoms with Crippen LogP contribution in [0.1, 0.15) is 44.0 Å². The second-order valence-corrected chi connectivity index (χ2v) is 8.09. The number of rotatable bonds is 3. The van der Waals surface area contributed by atoms with E-state index in [4.69, 9.17) is 0 Å². The molecule has 2 amide bonds. The van der Waals surface area contributed by atoms with E-state index in [2.05, 4.69) is 10.3 Å². The third-order valence-corrected chi connectivity index (χ3v) is 4.85. The number of benzene rings is 1. The predicted molar refractivity (Wildman–Crippen MR) is 106 cm³/mol. The van der Waals surface area contributed by atoms with Gasteiger partial charge < -0.3 is 10.2 Å². The Morgan fingerprint density at radius 2 is 1.70 bits per heavy atom. The van der Waals surface area contributed by atoms with Crippen molar-refractivity contribution >= 4 is 11.8 Å². The highest BCUT2D eigenvalue weighted by Gasteiger charge is 2.30. The van der Waals surface area contributed by atoms with Crippen molar-refractivity contribution in [1.29, 1.82) is 0 Å². The van der Waals surface area contributed by atoms with E-state index in [0.29, 0.717) is 18.7 Å². The van der Waals surface area contributed by atoms with E-state index in [0.717, 1.165) is 24.1 Å². The van der Waals surface area contributed by atoms with Crippen molar-refractivity contribution in [2.75, 3.05) is 13.1 Å². The Hall–Kier alpha value is -2.69. The zero-order chi connectivity index (χ0) is 19.4. The molecule has 0 radical (unpaired) electrons. The minimum absolute atomic E-state index is 0.0929. The van der Waals surface area contributed by atoms with Gasteiger partial charge in [-0.05, 0) is 25.0 Å². The number of piperidine rings is 1. The van der Waals surface area contributed by atoms with Crippen LogP contribution in [-0.2, 0) is 4.79 Å². The number of amides is 2. The molecule has 0 spiro atoms. The summed E-state index contributed by atoms with van der Waals surface area (Å²) in [5.41, 5.74) is 2.08. The van der Waals surface area contributed by atoms with Gasteiger partial charge in [-0.3, -0.25) is 14.6 Å². The zero-order valence-corrected chi connectivity index (χ0v) is 16.2. The minimum atomic E-state index is -0.359. The van der Waals surface area contributed by atoms with Crippen LogP contribution in [0.15, 0.2) is 48.7 Å². The molecule has 5 heteroatoms. The summed E-state index contributed by atoms with van der Waals surface area (Å²) in [5.74, 6) is 0.0655. The Kier molecular flexibility index (Phi) is 5.59. The Morgan fingerprint density at radius 3 is 2.26 bits per heavy atom. The summed E-state index contributed by atoms with van der Waals surface area (Å²) >= 11 is 0. The van der Waals surface area contributed by atoms with E-state index in [-0.39, 0.29) is 23.3 Å². The highest BCUT2D eigenvalue weighted by Crippen LogP contribution is 2.21. The molecule has 0 unspecified atom stereocenters. The van der Waals surface area contributed by atoms with Gasteiger partial charge in [0.25, 0.3) is 5.91 Å². The van der Waals surface area contributed by atoms with E-state index in [1.165, 1.54) is 0 Å². The van der Waals surface area contributed by atoms with Crippen LogP contribution in [0, 0.1) is 5.41 Å². The molecule has 3 rings (SSSR count). The molecular weight excluding hydrogens is 338 g/mol. The fraction of sp³-hybridized carbons (Fsp3) is 0.409. The number of nitrogens with one attached hydrogen (secondary N) is 1. The second-order valence-electron chi connectivity index (χ2n) is 8.09. The standard InChI is InChI=1S/C22H27N3O2/c1-22(2,3)21(27)25-13-11-18(12-14-25)24-20(26)17-9-10-19(23-15-17)16-7-5-4-6-8-16/h4-10,15,18H,11-14H2,1-3H3,(H,24,26). The normalized spacial score (nSPS) is 15.4. The average Bonchev–Trinajstić information content (AvgIpc) is 2.68. The van der Waals surface area contributed by atoms with Crippen molar-refractivity contribution in [2.24, 2.45) is 5.41 Å². The van der Waals surface area contributed by atoms with Crippen molar-refractivity contribution in [3.05, 3.63) is 54.2 Å². The molecule has 1 fully saturated rings. The number of nitrogens with zero attached hydrogens (tertiary/aromatic N) is 2. The summed E-state index contributed by atoms with van der Waals surface area (Å²) < 4.78 is 0. The molecule has 0 atom stereocenters. The van der Waals surface area contributed by atoms with Gasteiger partial charge in [-0.1, -0.05) is 51.1 Å². The number of hydrogen-bond acceptors (Lipinski definition) is 3. The molecule has 1 aliphatic heterocycles. The lowest BCUT2D eigenvalue weighted by Gasteiger charge is -2.36. The quantitative estimate of drug-likeness (QED) is 0.905. The van der Waals surface area contributed by atoms with Gasteiger partial charge in [-0.2, -0.15) is 0 Å². The van der Waals surface area contributed by atoms with Gasteiger partial charge in [0.05, 0.1) is 11.3 Å². The first-order chi connectivity index (χ1) is 12.8. The van der Waals surface area contributed by atoms with Gasteiger partial charge in [-0.15, -0.1) is 0 Å². The monoisotopic (exact) mass is 365 g/mol. The molecule has 142 valence electrons. The van der Waals surface area contributed by atoms with Crippen LogP contribution < -0.4 is 5.32 Å². The molecule has 1 aliphatic rings. The van der Waals surface area contributed by atoms with Crippen LogP contribution in [0.3, 0.4) is 0 Å². The molecule has 2 aromatic rings. The van der Waals surface area contributed by atoms with Gasteiger partial charge in [0.1, 0.15) is 0 Å². The SMILES string of the molecule is CC(C)(C)C(=O)N1CCC(NC(=O)c2ccc(-c3ccccc3)nc2)CC1. The lowest BCUT2D eigenvalue weighted by molar-refractivity contribution is -0.140. The first-order valence-corrected chi connectivity index (χ1v) is 9.46. The fourth-order valence-corrected chi connectivity index (χ4v) is 3.28. The van der Waals surface area contributed by atoms with Crippen LogP contribution in [-0.4, -0.2) is 40.8 Å². The Morgan fingerprint density at radius 1 is 1.04 bits per heavy atom. The Balaban J connectivity index is 1.55. The average molecular weight is 365 g/mol. The summed E-state index contributed by atoms with van der Waals surface area (Å²) in [5, 5.41) is 3.08. The maximum absolute atomic E-state index is 12.5. The van der Waals surface area contributed by atoms with E-state index in [9.17, 15) is 9.59 Å². The van der Waals surface area contributed by atoms with Gasteiger partial charge in [0, 0.05) is 36.3 Å². The number of likely N-dealkylation sites (tertiary alicyclic amines) is 1. The largest absolute Gasteiger partial charge is 0.349 e. The van der Waals surface area contributed by atoms with Crippen molar-refractivity contribution in [3.63, 3.8) is 0 Å². The molecule has 0 bridgehead atoms. The van der Waals surface area contributed by atoms with Gasteiger partial charge in [0.2, 0.25) is 5.91 Å². The summed E-state index contributed by atoms with van der Waals surface area (Å²) in [6.45, 7) is 7.19. The molecule has 0 saturated carbocycles. The summed E-state index contributed by atoms with van der Waals surface area (Å²) in [7, 11) is 0. The lowest BCUT2D eigenvalue weighted by Crippen LogP contribution is -2.49. The summed E-state index contributed by atoms with van der Waals surface area (Å²) in [6, 6.07) is 13.7. The molecular formula is C22H27N3O2. The highest BCUT2D eigenvalue weighted by molar-refractivity contribution is 5.94. The fourth-order valence-electron chi connectivity index (χ4n) is 3.28. The number of carbonyl (C=O) groups excluding carboxylic acids is 2. The molecule has 1 aromatic heterocycles. The molecule has 1 aromatic carbocycles. The van der Waals surface area contributed by atoms with Crippen molar-refractivity contribution in [3.8, 4) is 11.3 Å². The van der Waals surface area contributed by atoms with Gasteiger partial charge in [-0.25, -0.2) is 0 Å². The smallest absolute Gasteiger partial charge is 0.253 e. The molecule has 2 heterocycles. The maximum atomic E-state index is 12.5. The van der Waals surface area contributed by atoms with Crippen LogP contribution in [0.4, 0.5) is 0 Å². The van der Waals surface area contributed by atoms with E-state index in [1.54, 1.807) is 6.20 Å². The predicted octanol–water partition coefficient (Wildman–Crippen LogP) is 3.52. The van der Waals surface area contributed by atoms with Crippen LogP contribution >= 0.6 is 0 Å². The van der Waals surface area contributed by atoms with Crippen LogP contribution in [0.2, 0.25) is 0 Å². The second kappa shape index (κ2) is 7.91. The molecule has 1 saturated heterocycles. The van der Waals surface area contributed by atoms with Gasteiger partial charge >= 0.3 is 0 Å². The molecule has 27 heavy (non-hydrogen) atoms. The van der Waals surface area contributed by atoms with Crippen LogP contribution in [0.25, 0.3) is 11.3 Å². The number of hydrogen-bond donors (Lipinski definition) is 1. The van der Waals surface area contributed by atoms with Crippen molar-refractivity contribution in [1.82, 2.24) is 15.2 Å². The summed E-state index contributed by atoms with van der Waals surface area (Å²) in [4.78, 5) is 31.2. The minimum Gasteiger partial charge on any atom is -0.349 e. The van der Waals surface area contributed by atoms with E-state index in [1.807, 2.05) is 68.1 Å². The highest BCUT2D eigenvalue weighted by atomic mass is 16.2. The lowest BCUT2D eigenvalue weighted by atomic mass is 9.93. The first kappa shape index (κ1) is 19.1. The Labute approximate surface area is 160 Å². The van der Waals surface area contributed by atoms with Crippen molar-refractivity contribution in [2.45, 2.75) is 39.7 Å². The van der Waals surface area contributed by atoms with Gasteiger partial charge in [0.15, 0.2) is 0 Å². The molecule has 1 N–H and O–H groups in total. The molecule has 5 nitrogen and oxygen atoms in total. The summed E-state index contributed by atoms with van der Waals surface area (Å²) in [6.07, 6.45) is 3.18. The number of aromatic nitrogens is 1. The number of carbonyl (C=O) groups is 2. The topological polar surface area (TPSA) is 62.3 Å². The molecule has 0 aliphatic carbocycles. The van der Waals surface area contributed by atoms with Crippen LogP contribution in [0.5, 0.6) is 0 Å². The third-order valence-electron chi connectivity index (χ3n) is 4.85. The Bertz CT molecular complexity index is 787. The van der Waals surface area contributed by atoms with E-state index >= 15 is 0 Å². The van der Waals surface area contributed by atoms with E-state index < -0.39 is 0 Å². The zero-order valence-electron chi connectivity index (χ0n) is 16.2. The third kappa shape index (κ3) is 4.73. The maximum Gasteiger partial charge on any atom is 0.253 e.